The zero-order valence-electron chi connectivity index (χ0n) is 15.8. The summed E-state index contributed by atoms with van der Waals surface area (Å²) in [5, 5.41) is 2.05. The Morgan fingerprint density at radius 2 is 1.58 bits per heavy atom. The Bertz CT molecular complexity index is 1100. The van der Waals surface area contributed by atoms with E-state index >= 15 is 0 Å². The first-order chi connectivity index (χ1) is 14.4. The van der Waals surface area contributed by atoms with E-state index in [-0.39, 0.29) is 18.5 Å². The summed E-state index contributed by atoms with van der Waals surface area (Å²) in [7, 11) is -4.54. The van der Waals surface area contributed by atoms with Gasteiger partial charge in [0.05, 0.1) is 0 Å². The summed E-state index contributed by atoms with van der Waals surface area (Å²) in [5.41, 5.74) is -0.838. The van der Waals surface area contributed by atoms with Gasteiger partial charge in [0.1, 0.15) is 10.7 Å². The predicted octanol–water partition coefficient (Wildman–Crippen LogP) is 4.31. The van der Waals surface area contributed by atoms with Crippen molar-refractivity contribution >= 4 is 21.6 Å². The van der Waals surface area contributed by atoms with Gasteiger partial charge in [-0.3, -0.25) is 4.79 Å². The molecule has 0 bridgehead atoms. The average molecular weight is 466 g/mol. The van der Waals surface area contributed by atoms with Gasteiger partial charge in [0, 0.05) is 49.3 Å². The van der Waals surface area contributed by atoms with Crippen LogP contribution in [0.2, 0.25) is 0 Å². The molecule has 5 nitrogen and oxygen atoms in total. The Morgan fingerprint density at radius 3 is 2.23 bits per heavy atom. The SMILES string of the molecule is O=C(Nc1cc(F)c(F)c(F)c1)c1ccc(F)c(S(=O)(=O)N2CCCC(F)(F)CC2)c1. The first-order valence-electron chi connectivity index (χ1n) is 9.04. The molecular weight excluding hydrogens is 450 g/mol. The molecule has 1 heterocycles. The van der Waals surface area contributed by atoms with Crippen molar-refractivity contribution in [3.63, 3.8) is 0 Å². The number of anilines is 1. The van der Waals surface area contributed by atoms with Gasteiger partial charge >= 0.3 is 0 Å². The van der Waals surface area contributed by atoms with Crippen LogP contribution in [0.25, 0.3) is 0 Å². The van der Waals surface area contributed by atoms with E-state index in [1.54, 1.807) is 0 Å². The Balaban J connectivity index is 1.88. The lowest BCUT2D eigenvalue weighted by atomic mass is 10.1. The molecule has 0 unspecified atom stereocenters. The average Bonchev–Trinajstić information content (AvgIpc) is 2.87. The van der Waals surface area contributed by atoms with Crippen molar-refractivity contribution in [1.82, 2.24) is 4.31 Å². The van der Waals surface area contributed by atoms with Crippen LogP contribution in [-0.4, -0.2) is 37.6 Å². The molecule has 168 valence electrons. The fourth-order valence-electron chi connectivity index (χ4n) is 3.09. The first kappa shape index (κ1) is 23.1. The summed E-state index contributed by atoms with van der Waals surface area (Å²) in [6, 6.07) is 3.33. The number of nitrogens with zero attached hydrogens (tertiary/aromatic N) is 1. The number of alkyl halides is 2. The van der Waals surface area contributed by atoms with Crippen molar-refractivity contribution in [3.05, 3.63) is 59.2 Å². The van der Waals surface area contributed by atoms with Gasteiger partial charge in [0.2, 0.25) is 15.9 Å². The summed E-state index contributed by atoms with van der Waals surface area (Å²) >= 11 is 0. The van der Waals surface area contributed by atoms with E-state index in [2.05, 4.69) is 0 Å². The molecule has 1 aliphatic rings. The van der Waals surface area contributed by atoms with Gasteiger partial charge in [0.25, 0.3) is 5.91 Å². The molecule has 1 aliphatic heterocycles. The highest BCUT2D eigenvalue weighted by molar-refractivity contribution is 7.89. The summed E-state index contributed by atoms with van der Waals surface area (Å²) < 4.78 is 107. The molecule has 0 saturated carbocycles. The summed E-state index contributed by atoms with van der Waals surface area (Å²) in [6.07, 6.45) is -1.36. The van der Waals surface area contributed by atoms with Crippen molar-refractivity contribution in [2.75, 3.05) is 18.4 Å². The smallest absolute Gasteiger partial charge is 0.255 e. The van der Waals surface area contributed by atoms with Crippen LogP contribution in [0.1, 0.15) is 29.6 Å². The molecule has 3 rings (SSSR count). The Labute approximate surface area is 173 Å². The van der Waals surface area contributed by atoms with Crippen LogP contribution in [0.3, 0.4) is 0 Å². The minimum atomic E-state index is -4.54. The largest absolute Gasteiger partial charge is 0.322 e. The second kappa shape index (κ2) is 8.50. The fourth-order valence-corrected chi connectivity index (χ4v) is 4.66. The molecule has 0 atom stereocenters. The van der Waals surface area contributed by atoms with Crippen LogP contribution in [-0.2, 0) is 10.0 Å². The van der Waals surface area contributed by atoms with Gasteiger partial charge in [-0.05, 0) is 24.6 Å². The molecule has 1 N–H and O–H groups in total. The summed E-state index contributed by atoms with van der Waals surface area (Å²) in [4.78, 5) is 11.4. The van der Waals surface area contributed by atoms with Crippen LogP contribution in [0.4, 0.5) is 32.0 Å². The highest BCUT2D eigenvalue weighted by Crippen LogP contribution is 2.31. The zero-order valence-corrected chi connectivity index (χ0v) is 16.6. The molecule has 0 aliphatic carbocycles. The number of hydrogen-bond acceptors (Lipinski definition) is 3. The molecule has 12 heteroatoms. The van der Waals surface area contributed by atoms with E-state index in [0.29, 0.717) is 24.3 Å². The topological polar surface area (TPSA) is 66.5 Å². The second-order valence-corrected chi connectivity index (χ2v) is 8.87. The maximum Gasteiger partial charge on any atom is 0.255 e. The van der Waals surface area contributed by atoms with Gasteiger partial charge < -0.3 is 5.32 Å². The number of rotatable bonds is 4. The van der Waals surface area contributed by atoms with E-state index < -0.39 is 75.1 Å². The fraction of sp³-hybridized carbons (Fsp3) is 0.316. The molecule has 1 saturated heterocycles. The molecule has 2 aromatic rings. The van der Waals surface area contributed by atoms with Gasteiger partial charge in [0.15, 0.2) is 17.5 Å². The van der Waals surface area contributed by atoms with E-state index in [4.69, 9.17) is 0 Å². The maximum absolute atomic E-state index is 14.3. The van der Waals surface area contributed by atoms with E-state index in [0.717, 1.165) is 10.4 Å². The Kier molecular flexibility index (Phi) is 6.33. The molecular formula is C19H16F6N2O3S. The number of amides is 1. The van der Waals surface area contributed by atoms with Crippen LogP contribution in [0.15, 0.2) is 35.2 Å². The van der Waals surface area contributed by atoms with Gasteiger partial charge in [-0.1, -0.05) is 0 Å². The molecule has 0 aromatic heterocycles. The van der Waals surface area contributed by atoms with Gasteiger partial charge in [-0.25, -0.2) is 34.8 Å². The number of halogens is 6. The number of hydrogen-bond donors (Lipinski definition) is 1. The van der Waals surface area contributed by atoms with E-state index in [9.17, 15) is 39.6 Å². The van der Waals surface area contributed by atoms with Crippen LogP contribution in [0, 0.1) is 23.3 Å². The highest BCUT2D eigenvalue weighted by atomic mass is 32.2. The van der Waals surface area contributed by atoms with Gasteiger partial charge in [-0.2, -0.15) is 4.31 Å². The minimum absolute atomic E-state index is 0.129. The van der Waals surface area contributed by atoms with E-state index in [1.165, 1.54) is 0 Å². The number of benzene rings is 2. The number of carbonyl (C=O) groups excluding carboxylic acids is 1. The Morgan fingerprint density at radius 1 is 0.935 bits per heavy atom. The quantitative estimate of drug-likeness (QED) is 0.540. The normalized spacial score (nSPS) is 17.2. The van der Waals surface area contributed by atoms with Crippen LogP contribution >= 0.6 is 0 Å². The lowest BCUT2D eigenvalue weighted by Gasteiger charge is -2.21. The van der Waals surface area contributed by atoms with Crippen molar-refractivity contribution < 1.29 is 39.6 Å². The second-order valence-electron chi connectivity index (χ2n) is 6.97. The van der Waals surface area contributed by atoms with E-state index in [1.807, 2.05) is 5.32 Å². The third kappa shape index (κ3) is 5.01. The highest BCUT2D eigenvalue weighted by Gasteiger charge is 2.37. The van der Waals surface area contributed by atoms with Crippen molar-refractivity contribution in [2.45, 2.75) is 30.1 Å². The van der Waals surface area contributed by atoms with Gasteiger partial charge in [-0.15, -0.1) is 0 Å². The molecule has 2 aromatic carbocycles. The van der Waals surface area contributed by atoms with Crippen molar-refractivity contribution in [2.24, 2.45) is 0 Å². The molecule has 0 spiro atoms. The number of nitrogens with one attached hydrogen (secondary N) is 1. The lowest BCUT2D eigenvalue weighted by Crippen LogP contribution is -2.33. The van der Waals surface area contributed by atoms with Crippen LogP contribution in [0.5, 0.6) is 0 Å². The van der Waals surface area contributed by atoms with Crippen LogP contribution < -0.4 is 5.32 Å². The monoisotopic (exact) mass is 466 g/mol. The van der Waals surface area contributed by atoms with Crippen molar-refractivity contribution in [1.29, 1.82) is 0 Å². The molecule has 31 heavy (non-hydrogen) atoms. The predicted molar refractivity (Wildman–Crippen MR) is 98.2 cm³/mol. The first-order valence-corrected chi connectivity index (χ1v) is 10.5. The summed E-state index contributed by atoms with van der Waals surface area (Å²) in [6.45, 7) is -0.777. The molecule has 1 fully saturated rings. The number of sulfonamides is 1. The third-order valence-corrected chi connectivity index (χ3v) is 6.64. The molecule has 0 radical (unpaired) electrons. The number of carbonyl (C=O) groups is 1. The maximum atomic E-state index is 14.3. The standard InChI is InChI=1S/C19H16F6N2O3S/c20-13-3-2-11(18(28)26-12-9-14(21)17(23)15(22)10-12)8-16(13)31(29,30)27-6-1-4-19(24,25)5-7-27/h2-3,8-10H,1,4-7H2,(H,26,28). The third-order valence-electron chi connectivity index (χ3n) is 4.73. The zero-order chi connectivity index (χ0) is 23.0. The summed E-state index contributed by atoms with van der Waals surface area (Å²) in [5.74, 6) is -10.2. The van der Waals surface area contributed by atoms with Crippen molar-refractivity contribution in [3.8, 4) is 0 Å². The molecule has 1 amide bonds. The lowest BCUT2D eigenvalue weighted by molar-refractivity contribution is -0.0116. The minimum Gasteiger partial charge on any atom is -0.322 e. The Hall–Kier alpha value is -2.60.